The van der Waals surface area contributed by atoms with Crippen LogP contribution >= 0.6 is 11.3 Å². The maximum Gasteiger partial charge on any atom is 0.299 e. The first-order valence-corrected chi connectivity index (χ1v) is 6.50. The molecule has 2 aromatic rings. The van der Waals surface area contributed by atoms with Gasteiger partial charge in [-0.2, -0.15) is 0 Å². The Morgan fingerprint density at radius 1 is 1.37 bits per heavy atom. The normalized spacial score (nSPS) is 13.8. The maximum atomic E-state index is 12.0. The van der Waals surface area contributed by atoms with Crippen molar-refractivity contribution in [3.8, 4) is 5.75 Å². The van der Waals surface area contributed by atoms with Gasteiger partial charge in [0.15, 0.2) is 0 Å². The van der Waals surface area contributed by atoms with Gasteiger partial charge in [0.1, 0.15) is 5.75 Å². The van der Waals surface area contributed by atoms with Gasteiger partial charge in [-0.3, -0.25) is 19.5 Å². The number of hydrogen-bond acceptors (Lipinski definition) is 5. The number of amides is 1. The van der Waals surface area contributed by atoms with Gasteiger partial charge in [0.2, 0.25) is 0 Å². The number of ketones is 1. The van der Waals surface area contributed by atoms with Crippen LogP contribution in [0.25, 0.3) is 0 Å². The Kier molecular flexibility index (Phi) is 2.79. The van der Waals surface area contributed by atoms with E-state index in [2.05, 4.69) is 4.98 Å². The van der Waals surface area contributed by atoms with E-state index >= 15 is 0 Å². The van der Waals surface area contributed by atoms with E-state index in [1.54, 1.807) is 29.9 Å². The van der Waals surface area contributed by atoms with E-state index in [0.717, 1.165) is 4.88 Å². The summed E-state index contributed by atoms with van der Waals surface area (Å²) in [5, 5.41) is 0. The monoisotopic (exact) mass is 274 g/mol. The standard InChI is InChI=1S/C13H10N2O3S/c1-18-8-2-3-11-10(4-8)12(16)13(17)15(11)6-9-5-14-7-19-9/h2-5,7H,6H2,1H3. The number of carbonyl (C=O) groups excluding carboxylic acids is 2. The second-order valence-corrected chi connectivity index (χ2v) is 5.04. The van der Waals surface area contributed by atoms with Gasteiger partial charge >= 0.3 is 0 Å². The fourth-order valence-corrected chi connectivity index (χ4v) is 2.62. The highest BCUT2D eigenvalue weighted by Crippen LogP contribution is 2.33. The molecule has 0 saturated heterocycles. The molecule has 0 fully saturated rings. The minimum Gasteiger partial charge on any atom is -0.497 e. The maximum absolute atomic E-state index is 12.0. The van der Waals surface area contributed by atoms with Crippen LogP contribution in [-0.4, -0.2) is 23.8 Å². The Hall–Kier alpha value is -2.21. The van der Waals surface area contributed by atoms with E-state index in [-0.39, 0.29) is 0 Å². The molecular weight excluding hydrogens is 264 g/mol. The molecule has 3 rings (SSSR count). The average molecular weight is 274 g/mol. The van der Waals surface area contributed by atoms with Gasteiger partial charge < -0.3 is 4.74 Å². The third kappa shape index (κ3) is 1.90. The summed E-state index contributed by atoms with van der Waals surface area (Å²) < 4.78 is 5.07. The number of benzene rings is 1. The first kappa shape index (κ1) is 11.9. The number of hydrogen-bond donors (Lipinski definition) is 0. The van der Waals surface area contributed by atoms with E-state index < -0.39 is 11.7 Å². The minimum atomic E-state index is -0.503. The third-order valence-corrected chi connectivity index (χ3v) is 3.74. The number of carbonyl (C=O) groups is 2. The van der Waals surface area contributed by atoms with E-state index in [4.69, 9.17) is 4.74 Å². The first-order chi connectivity index (χ1) is 9.20. The van der Waals surface area contributed by atoms with Gasteiger partial charge in [-0.25, -0.2) is 0 Å². The van der Waals surface area contributed by atoms with E-state index in [1.165, 1.54) is 23.3 Å². The van der Waals surface area contributed by atoms with Crippen LogP contribution in [0, 0.1) is 0 Å². The largest absolute Gasteiger partial charge is 0.497 e. The predicted molar refractivity (Wildman–Crippen MR) is 70.6 cm³/mol. The summed E-state index contributed by atoms with van der Waals surface area (Å²) >= 11 is 1.45. The zero-order valence-electron chi connectivity index (χ0n) is 10.1. The smallest absolute Gasteiger partial charge is 0.299 e. The summed E-state index contributed by atoms with van der Waals surface area (Å²) in [5.74, 6) is -0.422. The molecule has 0 radical (unpaired) electrons. The Morgan fingerprint density at radius 2 is 2.21 bits per heavy atom. The van der Waals surface area contributed by atoms with Crippen LogP contribution in [0.5, 0.6) is 5.75 Å². The van der Waals surface area contributed by atoms with Crippen LogP contribution in [0.3, 0.4) is 0 Å². The quantitative estimate of drug-likeness (QED) is 0.802. The van der Waals surface area contributed by atoms with Gasteiger partial charge in [0, 0.05) is 11.1 Å². The van der Waals surface area contributed by atoms with Crippen molar-refractivity contribution in [1.82, 2.24) is 4.98 Å². The van der Waals surface area contributed by atoms with E-state index in [9.17, 15) is 9.59 Å². The Labute approximate surface area is 113 Å². The molecule has 0 saturated carbocycles. The number of rotatable bonds is 3. The molecule has 2 heterocycles. The number of nitrogens with zero attached hydrogens (tertiary/aromatic N) is 2. The number of methoxy groups -OCH3 is 1. The fourth-order valence-electron chi connectivity index (χ4n) is 2.04. The summed E-state index contributed by atoms with van der Waals surface area (Å²) in [4.78, 5) is 30.3. The van der Waals surface area contributed by atoms with Crippen molar-refractivity contribution in [3.63, 3.8) is 0 Å². The van der Waals surface area contributed by atoms with Gasteiger partial charge in [-0.15, -0.1) is 11.3 Å². The average Bonchev–Trinajstić information content (AvgIpc) is 3.02. The second kappa shape index (κ2) is 4.47. The van der Waals surface area contributed by atoms with Crippen LogP contribution < -0.4 is 9.64 Å². The van der Waals surface area contributed by atoms with Crippen molar-refractivity contribution < 1.29 is 14.3 Å². The summed E-state index contributed by atoms with van der Waals surface area (Å²) in [6.07, 6.45) is 1.70. The fraction of sp³-hybridized carbons (Fsp3) is 0.154. The number of fused-ring (bicyclic) bond motifs is 1. The van der Waals surface area contributed by atoms with Gasteiger partial charge in [0.25, 0.3) is 11.7 Å². The van der Waals surface area contributed by atoms with Gasteiger partial charge in [-0.1, -0.05) is 0 Å². The van der Waals surface area contributed by atoms with Crippen LogP contribution in [0.15, 0.2) is 29.9 Å². The highest BCUT2D eigenvalue weighted by molar-refractivity contribution is 7.09. The molecule has 6 heteroatoms. The highest BCUT2D eigenvalue weighted by atomic mass is 32.1. The van der Waals surface area contributed by atoms with Crippen molar-refractivity contribution in [2.24, 2.45) is 0 Å². The first-order valence-electron chi connectivity index (χ1n) is 5.62. The third-order valence-electron chi connectivity index (χ3n) is 2.98. The molecule has 1 aliphatic rings. The molecule has 1 aromatic heterocycles. The van der Waals surface area contributed by atoms with Crippen molar-refractivity contribution in [2.45, 2.75) is 6.54 Å². The van der Waals surface area contributed by atoms with Crippen molar-refractivity contribution in [3.05, 3.63) is 40.3 Å². The minimum absolute atomic E-state index is 0.370. The molecule has 19 heavy (non-hydrogen) atoms. The Morgan fingerprint density at radius 3 is 2.89 bits per heavy atom. The lowest BCUT2D eigenvalue weighted by molar-refractivity contribution is -0.114. The van der Waals surface area contributed by atoms with Crippen LogP contribution in [0.4, 0.5) is 5.69 Å². The van der Waals surface area contributed by atoms with Crippen LogP contribution in [0.1, 0.15) is 15.2 Å². The van der Waals surface area contributed by atoms with E-state index in [0.29, 0.717) is 23.5 Å². The number of ether oxygens (including phenoxy) is 1. The molecule has 0 spiro atoms. The van der Waals surface area contributed by atoms with E-state index in [1.807, 2.05) is 0 Å². The highest BCUT2D eigenvalue weighted by Gasteiger charge is 2.36. The summed E-state index contributed by atoms with van der Waals surface area (Å²) in [6.45, 7) is 0.370. The predicted octanol–water partition coefficient (Wildman–Crippen LogP) is 1.88. The molecule has 1 aliphatic heterocycles. The molecular formula is C13H10N2O3S. The Bertz CT molecular complexity index is 652. The lowest BCUT2D eigenvalue weighted by Crippen LogP contribution is -2.28. The summed E-state index contributed by atoms with van der Waals surface area (Å²) in [7, 11) is 1.53. The lowest BCUT2D eigenvalue weighted by Gasteiger charge is -2.15. The number of thiazole rings is 1. The van der Waals surface area contributed by atoms with Crippen molar-refractivity contribution in [1.29, 1.82) is 0 Å². The number of Topliss-reactive ketones (excluding diaryl/α,β-unsaturated/α-hetero) is 1. The van der Waals surface area contributed by atoms with Crippen LogP contribution in [0.2, 0.25) is 0 Å². The molecule has 5 nitrogen and oxygen atoms in total. The topological polar surface area (TPSA) is 59.5 Å². The van der Waals surface area contributed by atoms with Gasteiger partial charge in [-0.05, 0) is 18.2 Å². The second-order valence-electron chi connectivity index (χ2n) is 4.07. The number of aromatic nitrogens is 1. The Balaban J connectivity index is 2.00. The molecule has 0 unspecified atom stereocenters. The lowest BCUT2D eigenvalue weighted by atomic mass is 10.1. The molecule has 0 atom stereocenters. The van der Waals surface area contributed by atoms with Crippen LogP contribution in [-0.2, 0) is 11.3 Å². The summed E-state index contributed by atoms with van der Waals surface area (Å²) in [5.41, 5.74) is 2.73. The molecule has 0 N–H and O–H groups in total. The summed E-state index contributed by atoms with van der Waals surface area (Å²) in [6, 6.07) is 5.07. The molecule has 1 aromatic carbocycles. The molecule has 96 valence electrons. The SMILES string of the molecule is COc1ccc2c(c1)C(=O)C(=O)N2Cc1cncs1. The zero-order chi connectivity index (χ0) is 13.4. The van der Waals surface area contributed by atoms with Crippen molar-refractivity contribution >= 4 is 28.7 Å². The molecule has 0 aliphatic carbocycles. The van der Waals surface area contributed by atoms with Crippen molar-refractivity contribution in [2.75, 3.05) is 12.0 Å². The van der Waals surface area contributed by atoms with Gasteiger partial charge in [0.05, 0.1) is 30.4 Å². The number of anilines is 1. The molecule has 0 bridgehead atoms. The zero-order valence-corrected chi connectivity index (χ0v) is 10.9. The molecule has 1 amide bonds.